The minimum atomic E-state index is -0.594. The second-order valence-electron chi connectivity index (χ2n) is 4.63. The highest BCUT2D eigenvalue weighted by atomic mass is 79.9. The molecule has 2 amide bonds. The van der Waals surface area contributed by atoms with Crippen molar-refractivity contribution in [2.45, 2.75) is 0 Å². The predicted octanol–water partition coefficient (Wildman–Crippen LogP) is 3.21. The number of hydrogen-bond donors (Lipinski definition) is 2. The van der Waals surface area contributed by atoms with Crippen LogP contribution >= 0.6 is 15.9 Å². The first-order chi connectivity index (χ1) is 11.0. The Labute approximate surface area is 142 Å². The fraction of sp³-hybridized carbons (Fsp3) is 0.0588. The average molecular weight is 375 g/mol. The highest BCUT2D eigenvalue weighted by molar-refractivity contribution is 9.10. The van der Waals surface area contributed by atoms with Crippen LogP contribution in [0.15, 0.2) is 53.0 Å². The number of primary amides is 1. The number of anilines is 1. The summed E-state index contributed by atoms with van der Waals surface area (Å²) in [5.74, 6) is -0.239. The van der Waals surface area contributed by atoms with Crippen LogP contribution in [0.5, 0.6) is 5.75 Å². The summed E-state index contributed by atoms with van der Waals surface area (Å²) in [6, 6.07) is 12.0. The molecule has 0 bridgehead atoms. The van der Waals surface area contributed by atoms with Gasteiger partial charge < -0.3 is 15.8 Å². The number of amides is 2. The third-order valence-electron chi connectivity index (χ3n) is 3.05. The van der Waals surface area contributed by atoms with Crippen molar-refractivity contribution in [3.05, 3.63) is 64.1 Å². The lowest BCUT2D eigenvalue weighted by atomic mass is 10.1. The van der Waals surface area contributed by atoms with Crippen LogP contribution in [0.4, 0.5) is 5.69 Å². The number of carbonyl (C=O) groups excluding carboxylic acids is 2. The van der Waals surface area contributed by atoms with Crippen molar-refractivity contribution in [3.8, 4) is 5.75 Å². The summed E-state index contributed by atoms with van der Waals surface area (Å²) in [5.41, 5.74) is 6.75. The van der Waals surface area contributed by atoms with Crippen LogP contribution in [0.25, 0.3) is 6.08 Å². The molecule has 6 heteroatoms. The van der Waals surface area contributed by atoms with Gasteiger partial charge in [0, 0.05) is 6.08 Å². The molecule has 0 aliphatic carbocycles. The van der Waals surface area contributed by atoms with E-state index in [0.29, 0.717) is 11.4 Å². The molecule has 2 rings (SSSR count). The minimum absolute atomic E-state index is 0.265. The predicted molar refractivity (Wildman–Crippen MR) is 93.3 cm³/mol. The number of rotatable bonds is 5. The van der Waals surface area contributed by atoms with Crippen molar-refractivity contribution < 1.29 is 14.3 Å². The number of nitrogens with two attached hydrogens (primary N) is 1. The van der Waals surface area contributed by atoms with Gasteiger partial charge in [-0.25, -0.2) is 0 Å². The third kappa shape index (κ3) is 4.43. The number of nitrogens with one attached hydrogen (secondary N) is 1. The van der Waals surface area contributed by atoms with E-state index in [1.54, 1.807) is 43.5 Å². The van der Waals surface area contributed by atoms with E-state index in [4.69, 9.17) is 10.5 Å². The van der Waals surface area contributed by atoms with Crippen LogP contribution in [0, 0.1) is 0 Å². The molecule has 0 atom stereocenters. The van der Waals surface area contributed by atoms with Crippen molar-refractivity contribution >= 4 is 39.5 Å². The average Bonchev–Trinajstić information content (AvgIpc) is 2.53. The number of methoxy groups -OCH3 is 1. The monoisotopic (exact) mass is 374 g/mol. The first-order valence-corrected chi connectivity index (χ1v) is 7.52. The molecular weight excluding hydrogens is 360 g/mol. The van der Waals surface area contributed by atoms with Crippen LogP contribution in [0.2, 0.25) is 0 Å². The van der Waals surface area contributed by atoms with Crippen molar-refractivity contribution in [3.63, 3.8) is 0 Å². The van der Waals surface area contributed by atoms with Crippen LogP contribution in [0.1, 0.15) is 15.9 Å². The second-order valence-corrected chi connectivity index (χ2v) is 5.48. The molecule has 2 aromatic carbocycles. The lowest BCUT2D eigenvalue weighted by Gasteiger charge is -2.06. The largest absolute Gasteiger partial charge is 0.496 e. The summed E-state index contributed by atoms with van der Waals surface area (Å²) in [7, 11) is 1.58. The second kappa shape index (κ2) is 7.60. The number of benzene rings is 2. The molecule has 0 saturated carbocycles. The minimum Gasteiger partial charge on any atom is -0.496 e. The number of hydrogen-bond acceptors (Lipinski definition) is 3. The SMILES string of the molecule is COc1ccc(/C=C/C(=O)Nc2ccccc2C(N)=O)cc1Br. The van der Waals surface area contributed by atoms with Crippen molar-refractivity contribution in [1.29, 1.82) is 0 Å². The maximum Gasteiger partial charge on any atom is 0.250 e. The topological polar surface area (TPSA) is 81.4 Å². The van der Waals surface area contributed by atoms with E-state index in [-0.39, 0.29) is 11.5 Å². The van der Waals surface area contributed by atoms with Gasteiger partial charge in [-0.3, -0.25) is 9.59 Å². The lowest BCUT2D eigenvalue weighted by Crippen LogP contribution is -2.16. The molecule has 0 radical (unpaired) electrons. The number of halogens is 1. The quantitative estimate of drug-likeness (QED) is 0.788. The molecule has 2 aromatic rings. The van der Waals surface area contributed by atoms with Crippen LogP contribution in [0.3, 0.4) is 0 Å². The molecule has 0 heterocycles. The summed E-state index contributed by atoms with van der Waals surface area (Å²) in [6.45, 7) is 0. The van der Waals surface area contributed by atoms with Crippen LogP contribution in [-0.2, 0) is 4.79 Å². The Morgan fingerprint density at radius 1 is 1.22 bits per heavy atom. The summed E-state index contributed by atoms with van der Waals surface area (Å²) in [6.07, 6.45) is 3.04. The Hall–Kier alpha value is -2.60. The van der Waals surface area contributed by atoms with Gasteiger partial charge in [-0.2, -0.15) is 0 Å². The number of carbonyl (C=O) groups is 2. The zero-order valence-corrected chi connectivity index (χ0v) is 14.0. The highest BCUT2D eigenvalue weighted by Crippen LogP contribution is 2.26. The molecule has 0 unspecified atom stereocenters. The molecule has 0 spiro atoms. The molecule has 23 heavy (non-hydrogen) atoms. The molecule has 0 saturated heterocycles. The third-order valence-corrected chi connectivity index (χ3v) is 3.67. The Morgan fingerprint density at radius 2 is 1.96 bits per heavy atom. The molecule has 5 nitrogen and oxygen atoms in total. The first-order valence-electron chi connectivity index (χ1n) is 6.72. The lowest BCUT2D eigenvalue weighted by molar-refractivity contribution is -0.111. The van der Waals surface area contributed by atoms with E-state index in [1.165, 1.54) is 6.08 Å². The van der Waals surface area contributed by atoms with Crippen LogP contribution in [-0.4, -0.2) is 18.9 Å². The van der Waals surface area contributed by atoms with Gasteiger partial charge in [0.15, 0.2) is 0 Å². The molecule has 0 fully saturated rings. The van der Waals surface area contributed by atoms with Crippen molar-refractivity contribution in [2.24, 2.45) is 5.73 Å². The maximum atomic E-state index is 12.0. The standard InChI is InChI=1S/C17H15BrN2O3/c1-23-15-8-6-11(10-13(15)18)7-9-16(21)20-14-5-3-2-4-12(14)17(19)22/h2-10H,1H3,(H2,19,22)(H,20,21)/b9-7+. The summed E-state index contributed by atoms with van der Waals surface area (Å²) in [5, 5.41) is 2.64. The molecule has 0 aliphatic heterocycles. The Balaban J connectivity index is 2.11. The van der Waals surface area contributed by atoms with Gasteiger partial charge in [0.1, 0.15) is 5.75 Å². The summed E-state index contributed by atoms with van der Waals surface area (Å²) >= 11 is 3.38. The molecular formula is C17H15BrN2O3. The van der Waals surface area contributed by atoms with Gasteiger partial charge in [0.05, 0.1) is 22.8 Å². The van der Waals surface area contributed by atoms with E-state index >= 15 is 0 Å². The van der Waals surface area contributed by atoms with Crippen molar-refractivity contribution in [1.82, 2.24) is 0 Å². The van der Waals surface area contributed by atoms with Crippen molar-refractivity contribution in [2.75, 3.05) is 12.4 Å². The maximum absolute atomic E-state index is 12.0. The van der Waals surface area contributed by atoms with Gasteiger partial charge in [-0.05, 0) is 51.8 Å². The van der Waals surface area contributed by atoms with E-state index in [0.717, 1.165) is 10.0 Å². The molecule has 0 aromatic heterocycles. The normalized spacial score (nSPS) is 10.5. The Bertz CT molecular complexity index is 772. The summed E-state index contributed by atoms with van der Waals surface area (Å²) in [4.78, 5) is 23.3. The van der Waals surface area contributed by atoms with Gasteiger partial charge in [0.2, 0.25) is 5.91 Å². The van der Waals surface area contributed by atoms with E-state index in [1.807, 2.05) is 12.1 Å². The zero-order valence-electron chi connectivity index (χ0n) is 12.4. The fourth-order valence-corrected chi connectivity index (χ4v) is 2.50. The first kappa shape index (κ1) is 16.8. The fourth-order valence-electron chi connectivity index (χ4n) is 1.94. The van der Waals surface area contributed by atoms with Gasteiger partial charge >= 0.3 is 0 Å². The van der Waals surface area contributed by atoms with Gasteiger partial charge in [-0.1, -0.05) is 18.2 Å². The number of ether oxygens (including phenoxy) is 1. The molecule has 3 N–H and O–H groups in total. The van der Waals surface area contributed by atoms with E-state index in [2.05, 4.69) is 21.2 Å². The number of para-hydroxylation sites is 1. The molecule has 0 aliphatic rings. The van der Waals surface area contributed by atoms with Crippen LogP contribution < -0.4 is 15.8 Å². The smallest absolute Gasteiger partial charge is 0.250 e. The Morgan fingerprint density at radius 3 is 2.61 bits per heavy atom. The Kier molecular flexibility index (Phi) is 5.54. The molecule has 118 valence electrons. The highest BCUT2D eigenvalue weighted by Gasteiger charge is 2.08. The van der Waals surface area contributed by atoms with E-state index < -0.39 is 5.91 Å². The van der Waals surface area contributed by atoms with Gasteiger partial charge in [0.25, 0.3) is 5.91 Å². The zero-order chi connectivity index (χ0) is 16.8. The summed E-state index contributed by atoms with van der Waals surface area (Å²) < 4.78 is 5.94. The van der Waals surface area contributed by atoms with Gasteiger partial charge in [-0.15, -0.1) is 0 Å². The van der Waals surface area contributed by atoms with E-state index in [9.17, 15) is 9.59 Å².